The number of carboxylic acid groups (broad SMARTS) is 1. The van der Waals surface area contributed by atoms with Crippen LogP contribution in [-0.2, 0) is 24.3 Å². The molecule has 0 aliphatic carbocycles. The fourth-order valence-corrected chi connectivity index (χ4v) is 3.13. The maximum atomic E-state index is 13.2. The Morgan fingerprint density at radius 1 is 1.28 bits per heavy atom. The van der Waals surface area contributed by atoms with Gasteiger partial charge in [0.15, 0.2) is 0 Å². The number of amides is 1. The van der Waals surface area contributed by atoms with Gasteiger partial charge in [-0.25, -0.2) is 4.39 Å². The molecule has 25 heavy (non-hydrogen) atoms. The number of carbonyl (C=O) groups excluding carboxylic acids is 1. The van der Waals surface area contributed by atoms with Crippen LogP contribution in [0.15, 0.2) is 24.3 Å². The number of aryl methyl sites for hydroxylation is 2. The number of rotatable bonds is 4. The molecule has 2 aromatic rings. The first kappa shape index (κ1) is 17.4. The summed E-state index contributed by atoms with van der Waals surface area (Å²) in [6, 6.07) is 5.56. The number of nitrogens with zero attached hydrogens (tertiary/aromatic N) is 3. The molecule has 3 rings (SSSR count). The van der Waals surface area contributed by atoms with Crippen molar-refractivity contribution in [3.63, 3.8) is 0 Å². The van der Waals surface area contributed by atoms with Crippen molar-refractivity contribution in [1.82, 2.24) is 14.7 Å². The second kappa shape index (κ2) is 7.23. The summed E-state index contributed by atoms with van der Waals surface area (Å²) in [5.41, 5.74) is 1.82. The first-order valence-electron chi connectivity index (χ1n) is 7.96. The van der Waals surface area contributed by atoms with E-state index in [-0.39, 0.29) is 22.9 Å². The third-order valence-electron chi connectivity index (χ3n) is 4.11. The van der Waals surface area contributed by atoms with E-state index in [1.54, 1.807) is 4.90 Å². The van der Waals surface area contributed by atoms with Crippen molar-refractivity contribution in [3.8, 4) is 0 Å². The second-order valence-corrected chi connectivity index (χ2v) is 6.36. The van der Waals surface area contributed by atoms with Gasteiger partial charge in [0.2, 0.25) is 0 Å². The number of carbonyl (C=O) groups is 2. The van der Waals surface area contributed by atoms with Crippen molar-refractivity contribution in [3.05, 3.63) is 52.1 Å². The van der Waals surface area contributed by atoms with Gasteiger partial charge in [-0.2, -0.15) is 5.10 Å². The van der Waals surface area contributed by atoms with Crippen LogP contribution in [0.2, 0.25) is 5.02 Å². The molecule has 0 atom stereocenters. The van der Waals surface area contributed by atoms with E-state index in [9.17, 15) is 14.0 Å². The molecule has 0 bridgehead atoms. The summed E-state index contributed by atoms with van der Waals surface area (Å²) in [6.45, 7) is 1.55. The molecule has 0 unspecified atom stereocenters. The number of aromatic nitrogens is 2. The molecule has 0 saturated heterocycles. The number of hydrogen-bond acceptors (Lipinski definition) is 3. The van der Waals surface area contributed by atoms with Gasteiger partial charge in [0.1, 0.15) is 5.82 Å². The first-order valence-corrected chi connectivity index (χ1v) is 8.33. The Kier molecular flexibility index (Phi) is 5.03. The fourth-order valence-electron chi connectivity index (χ4n) is 2.89. The summed E-state index contributed by atoms with van der Waals surface area (Å²) >= 11 is 6.00. The highest BCUT2D eigenvalue weighted by Gasteiger charge is 2.23. The van der Waals surface area contributed by atoms with Gasteiger partial charge in [-0.15, -0.1) is 0 Å². The lowest BCUT2D eigenvalue weighted by molar-refractivity contribution is -0.136. The molecule has 0 radical (unpaired) electrons. The Bertz CT molecular complexity index is 821. The van der Waals surface area contributed by atoms with Crippen molar-refractivity contribution in [2.45, 2.75) is 32.4 Å². The summed E-state index contributed by atoms with van der Waals surface area (Å²) in [5, 5.41) is 13.3. The van der Waals surface area contributed by atoms with Gasteiger partial charge in [-0.05, 0) is 30.7 Å². The molecule has 1 aromatic carbocycles. The molecule has 1 N–H and O–H groups in total. The number of carboxylic acids is 1. The third-order valence-corrected chi connectivity index (χ3v) is 4.42. The second-order valence-electron chi connectivity index (χ2n) is 5.95. The van der Waals surface area contributed by atoms with E-state index >= 15 is 0 Å². The van der Waals surface area contributed by atoms with Crippen molar-refractivity contribution < 1.29 is 19.1 Å². The Balaban J connectivity index is 1.78. The number of benzene rings is 1. The predicted molar refractivity (Wildman–Crippen MR) is 89.0 cm³/mol. The highest BCUT2D eigenvalue weighted by molar-refractivity contribution is 6.33. The maximum Gasteiger partial charge on any atom is 0.303 e. The SMILES string of the molecule is O=C(O)CCc1cc2n(n1)CCCN(C(=O)c1ccc(F)cc1Cl)C2. The monoisotopic (exact) mass is 365 g/mol. The van der Waals surface area contributed by atoms with Crippen molar-refractivity contribution in [2.75, 3.05) is 6.54 Å². The molecular formula is C17H17ClFN3O3. The molecule has 1 aliphatic rings. The lowest BCUT2D eigenvalue weighted by Gasteiger charge is -2.20. The number of aliphatic carboxylic acids is 1. The summed E-state index contributed by atoms with van der Waals surface area (Å²) in [4.78, 5) is 25.1. The molecular weight excluding hydrogens is 349 g/mol. The van der Waals surface area contributed by atoms with Crippen LogP contribution < -0.4 is 0 Å². The van der Waals surface area contributed by atoms with Gasteiger partial charge in [0.25, 0.3) is 5.91 Å². The molecule has 1 amide bonds. The third kappa shape index (κ3) is 3.99. The largest absolute Gasteiger partial charge is 0.481 e. The van der Waals surface area contributed by atoms with Crippen LogP contribution in [0, 0.1) is 5.82 Å². The minimum Gasteiger partial charge on any atom is -0.481 e. The fraction of sp³-hybridized carbons (Fsp3) is 0.353. The summed E-state index contributed by atoms with van der Waals surface area (Å²) in [6.07, 6.45) is 1.09. The van der Waals surface area contributed by atoms with Gasteiger partial charge in [0.05, 0.1) is 34.9 Å². The Labute approximate surface area is 148 Å². The molecule has 2 heterocycles. The van der Waals surface area contributed by atoms with Crippen LogP contribution in [0.1, 0.15) is 34.6 Å². The lowest BCUT2D eigenvalue weighted by atomic mass is 10.1. The molecule has 6 nitrogen and oxygen atoms in total. The molecule has 0 saturated carbocycles. The van der Waals surface area contributed by atoms with E-state index in [1.165, 1.54) is 12.1 Å². The number of fused-ring (bicyclic) bond motifs is 1. The Hall–Kier alpha value is -2.41. The zero-order chi connectivity index (χ0) is 18.0. The smallest absolute Gasteiger partial charge is 0.303 e. The van der Waals surface area contributed by atoms with E-state index in [1.807, 2.05) is 10.7 Å². The average Bonchev–Trinajstić information content (AvgIpc) is 2.83. The zero-order valence-electron chi connectivity index (χ0n) is 13.4. The van der Waals surface area contributed by atoms with Crippen molar-refractivity contribution >= 4 is 23.5 Å². The topological polar surface area (TPSA) is 75.4 Å². The van der Waals surface area contributed by atoms with Crippen molar-refractivity contribution in [2.24, 2.45) is 0 Å². The summed E-state index contributed by atoms with van der Waals surface area (Å²) in [5.74, 6) is -1.61. The molecule has 0 spiro atoms. The minimum atomic E-state index is -0.869. The van der Waals surface area contributed by atoms with E-state index in [0.29, 0.717) is 31.7 Å². The van der Waals surface area contributed by atoms with E-state index in [0.717, 1.165) is 18.2 Å². The van der Waals surface area contributed by atoms with Gasteiger partial charge in [-0.1, -0.05) is 11.6 Å². The molecule has 8 heteroatoms. The molecule has 132 valence electrons. The standard InChI is InChI=1S/C17H17ClFN3O3/c18-15-8-11(19)2-4-14(15)17(25)21-6-1-7-22-13(10-21)9-12(20-22)3-5-16(23)24/h2,4,8-9H,1,3,5-7,10H2,(H,23,24). The Morgan fingerprint density at radius 3 is 2.80 bits per heavy atom. The van der Waals surface area contributed by atoms with E-state index < -0.39 is 11.8 Å². The number of halogens is 2. The van der Waals surface area contributed by atoms with Crippen molar-refractivity contribution in [1.29, 1.82) is 0 Å². The first-order chi connectivity index (χ1) is 11.9. The van der Waals surface area contributed by atoms with Crippen LogP contribution in [0.25, 0.3) is 0 Å². The normalized spacial score (nSPS) is 14.1. The predicted octanol–water partition coefficient (Wildman–Crippen LogP) is 2.74. The van der Waals surface area contributed by atoms with Gasteiger partial charge < -0.3 is 10.0 Å². The Morgan fingerprint density at radius 2 is 2.08 bits per heavy atom. The van der Waals surface area contributed by atoms with Gasteiger partial charge in [-0.3, -0.25) is 14.3 Å². The lowest BCUT2D eigenvalue weighted by Crippen LogP contribution is -2.31. The van der Waals surface area contributed by atoms with Crippen LogP contribution in [0.5, 0.6) is 0 Å². The molecule has 1 aliphatic heterocycles. The van der Waals surface area contributed by atoms with E-state index in [2.05, 4.69) is 5.10 Å². The van der Waals surface area contributed by atoms with Gasteiger partial charge in [0, 0.05) is 19.5 Å². The minimum absolute atomic E-state index is 0.0181. The highest BCUT2D eigenvalue weighted by atomic mass is 35.5. The van der Waals surface area contributed by atoms with Crippen LogP contribution in [0.3, 0.4) is 0 Å². The van der Waals surface area contributed by atoms with Gasteiger partial charge >= 0.3 is 5.97 Å². The summed E-state index contributed by atoms with van der Waals surface area (Å²) in [7, 11) is 0. The molecule has 1 aromatic heterocycles. The quantitative estimate of drug-likeness (QED) is 0.904. The van der Waals surface area contributed by atoms with E-state index in [4.69, 9.17) is 16.7 Å². The van der Waals surface area contributed by atoms with Crippen LogP contribution >= 0.6 is 11.6 Å². The van der Waals surface area contributed by atoms with Crippen LogP contribution in [0.4, 0.5) is 4.39 Å². The zero-order valence-corrected chi connectivity index (χ0v) is 14.2. The molecule has 0 fully saturated rings. The van der Waals surface area contributed by atoms with Crippen LogP contribution in [-0.4, -0.2) is 38.2 Å². The maximum absolute atomic E-state index is 13.2. The highest BCUT2D eigenvalue weighted by Crippen LogP contribution is 2.22. The number of hydrogen-bond donors (Lipinski definition) is 1. The average molecular weight is 366 g/mol. The summed E-state index contributed by atoms with van der Waals surface area (Å²) < 4.78 is 15.0.